The number of nitrogens with one attached hydrogen (secondary N) is 1. The predicted molar refractivity (Wildman–Crippen MR) is 85.3 cm³/mol. The number of furan rings is 1. The average Bonchev–Trinajstić information content (AvgIpc) is 2.74. The first-order valence-electron chi connectivity index (χ1n) is 7.93. The molecule has 21 heavy (non-hydrogen) atoms. The van der Waals surface area contributed by atoms with Crippen LogP contribution in [0, 0.1) is 18.8 Å². The van der Waals surface area contributed by atoms with E-state index in [1.165, 1.54) is 5.56 Å². The number of aryl methyl sites for hydroxylation is 1. The van der Waals surface area contributed by atoms with Crippen LogP contribution in [0.5, 0.6) is 0 Å². The number of rotatable bonds is 11. The molecule has 0 saturated carbocycles. The summed E-state index contributed by atoms with van der Waals surface area (Å²) in [6, 6.07) is 2.08. The standard InChI is InChI=1S/C17H31NO3/c1-13(2)9-18-10-16-8-17(21-15(16)5)12-20-7-6-19-11-14(3)4/h8,13-14,18H,6-7,9-12H2,1-5H3. The normalized spacial score (nSPS) is 11.8. The van der Waals surface area contributed by atoms with Crippen LogP contribution in [0.4, 0.5) is 0 Å². The van der Waals surface area contributed by atoms with Gasteiger partial charge < -0.3 is 19.2 Å². The van der Waals surface area contributed by atoms with Gasteiger partial charge in [-0.1, -0.05) is 27.7 Å². The SMILES string of the molecule is Cc1oc(COCCOCC(C)C)cc1CNCC(C)C. The molecule has 1 N–H and O–H groups in total. The third kappa shape index (κ3) is 8.24. The van der Waals surface area contributed by atoms with E-state index >= 15 is 0 Å². The third-order valence-electron chi connectivity index (χ3n) is 3.01. The molecule has 1 aromatic heterocycles. The van der Waals surface area contributed by atoms with Gasteiger partial charge in [-0.15, -0.1) is 0 Å². The third-order valence-corrected chi connectivity index (χ3v) is 3.01. The van der Waals surface area contributed by atoms with E-state index in [1.807, 2.05) is 6.92 Å². The Morgan fingerprint density at radius 2 is 1.81 bits per heavy atom. The van der Waals surface area contributed by atoms with Gasteiger partial charge in [-0.2, -0.15) is 0 Å². The lowest BCUT2D eigenvalue weighted by atomic mass is 10.2. The van der Waals surface area contributed by atoms with E-state index in [2.05, 4.69) is 39.1 Å². The van der Waals surface area contributed by atoms with Crippen molar-refractivity contribution in [1.29, 1.82) is 0 Å². The van der Waals surface area contributed by atoms with Crippen molar-refractivity contribution in [2.75, 3.05) is 26.4 Å². The van der Waals surface area contributed by atoms with E-state index in [9.17, 15) is 0 Å². The van der Waals surface area contributed by atoms with Gasteiger partial charge in [0.15, 0.2) is 0 Å². The minimum atomic E-state index is 0.510. The number of hydrogen-bond donors (Lipinski definition) is 1. The fraction of sp³-hybridized carbons (Fsp3) is 0.765. The minimum Gasteiger partial charge on any atom is -0.464 e. The Hall–Kier alpha value is -0.840. The Balaban J connectivity index is 2.20. The van der Waals surface area contributed by atoms with Crippen LogP contribution < -0.4 is 5.32 Å². The second kappa shape index (κ2) is 9.98. The molecule has 0 radical (unpaired) electrons. The molecule has 122 valence electrons. The molecule has 1 heterocycles. The summed E-state index contributed by atoms with van der Waals surface area (Å²) in [7, 11) is 0. The molecule has 0 bridgehead atoms. The largest absolute Gasteiger partial charge is 0.464 e. The summed E-state index contributed by atoms with van der Waals surface area (Å²) in [4.78, 5) is 0. The molecule has 0 amide bonds. The maximum atomic E-state index is 5.71. The van der Waals surface area contributed by atoms with E-state index in [-0.39, 0.29) is 0 Å². The summed E-state index contributed by atoms with van der Waals surface area (Å²) in [6.07, 6.45) is 0. The van der Waals surface area contributed by atoms with Crippen molar-refractivity contribution < 1.29 is 13.9 Å². The van der Waals surface area contributed by atoms with E-state index in [0.29, 0.717) is 31.7 Å². The van der Waals surface area contributed by atoms with Crippen molar-refractivity contribution in [2.24, 2.45) is 11.8 Å². The molecule has 0 unspecified atom stereocenters. The molecule has 1 aromatic rings. The molecule has 0 aliphatic carbocycles. The van der Waals surface area contributed by atoms with Gasteiger partial charge in [0.1, 0.15) is 18.1 Å². The minimum absolute atomic E-state index is 0.510. The van der Waals surface area contributed by atoms with E-state index in [0.717, 1.165) is 31.2 Å². The molecular weight excluding hydrogens is 266 g/mol. The fourth-order valence-corrected chi connectivity index (χ4v) is 1.94. The van der Waals surface area contributed by atoms with Crippen LogP contribution in [-0.2, 0) is 22.6 Å². The van der Waals surface area contributed by atoms with Gasteiger partial charge in [0.25, 0.3) is 0 Å². The van der Waals surface area contributed by atoms with Crippen molar-refractivity contribution in [1.82, 2.24) is 5.32 Å². The fourth-order valence-electron chi connectivity index (χ4n) is 1.94. The molecule has 4 nitrogen and oxygen atoms in total. The molecule has 0 spiro atoms. The lowest BCUT2D eigenvalue weighted by Gasteiger charge is -2.06. The van der Waals surface area contributed by atoms with Gasteiger partial charge in [-0.3, -0.25) is 0 Å². The van der Waals surface area contributed by atoms with E-state index < -0.39 is 0 Å². The zero-order chi connectivity index (χ0) is 15.7. The number of ether oxygens (including phenoxy) is 2. The summed E-state index contributed by atoms with van der Waals surface area (Å²) >= 11 is 0. The van der Waals surface area contributed by atoms with Gasteiger partial charge in [-0.25, -0.2) is 0 Å². The van der Waals surface area contributed by atoms with Gasteiger partial charge in [0, 0.05) is 18.7 Å². The summed E-state index contributed by atoms with van der Waals surface area (Å²) < 4.78 is 16.8. The Morgan fingerprint density at radius 3 is 2.48 bits per heavy atom. The van der Waals surface area contributed by atoms with Crippen molar-refractivity contribution in [2.45, 2.75) is 47.8 Å². The van der Waals surface area contributed by atoms with Crippen LogP contribution in [0.15, 0.2) is 10.5 Å². The maximum Gasteiger partial charge on any atom is 0.130 e. The average molecular weight is 297 g/mol. The van der Waals surface area contributed by atoms with Crippen LogP contribution in [0.2, 0.25) is 0 Å². The molecular formula is C17H31NO3. The lowest BCUT2D eigenvalue weighted by molar-refractivity contribution is 0.0262. The predicted octanol–water partition coefficient (Wildman–Crippen LogP) is 3.52. The van der Waals surface area contributed by atoms with Crippen molar-refractivity contribution in [3.63, 3.8) is 0 Å². The van der Waals surface area contributed by atoms with Gasteiger partial charge in [0.2, 0.25) is 0 Å². The van der Waals surface area contributed by atoms with Crippen LogP contribution in [0.3, 0.4) is 0 Å². The highest BCUT2D eigenvalue weighted by Crippen LogP contribution is 2.15. The number of hydrogen-bond acceptors (Lipinski definition) is 4. The van der Waals surface area contributed by atoms with Crippen LogP contribution in [0.25, 0.3) is 0 Å². The van der Waals surface area contributed by atoms with Crippen molar-refractivity contribution in [3.8, 4) is 0 Å². The first-order valence-corrected chi connectivity index (χ1v) is 7.93. The second-order valence-electron chi connectivity index (χ2n) is 6.34. The summed E-state index contributed by atoms with van der Waals surface area (Å²) in [5.74, 6) is 3.09. The Labute approximate surface area is 129 Å². The summed E-state index contributed by atoms with van der Waals surface area (Å²) in [6.45, 7) is 15.1. The van der Waals surface area contributed by atoms with E-state index in [4.69, 9.17) is 13.9 Å². The monoisotopic (exact) mass is 297 g/mol. The lowest BCUT2D eigenvalue weighted by Crippen LogP contribution is -2.18. The highest BCUT2D eigenvalue weighted by Gasteiger charge is 2.07. The molecule has 0 aliphatic heterocycles. The molecule has 0 atom stereocenters. The maximum absolute atomic E-state index is 5.71. The Morgan fingerprint density at radius 1 is 1.10 bits per heavy atom. The zero-order valence-corrected chi connectivity index (χ0v) is 14.2. The first-order chi connectivity index (χ1) is 9.99. The smallest absolute Gasteiger partial charge is 0.130 e. The van der Waals surface area contributed by atoms with Crippen LogP contribution >= 0.6 is 0 Å². The first kappa shape index (κ1) is 18.2. The molecule has 0 saturated heterocycles. The zero-order valence-electron chi connectivity index (χ0n) is 14.2. The Kier molecular flexibility index (Phi) is 8.66. The molecule has 0 aliphatic rings. The second-order valence-corrected chi connectivity index (χ2v) is 6.34. The topological polar surface area (TPSA) is 43.6 Å². The quantitative estimate of drug-likeness (QED) is 0.635. The summed E-state index contributed by atoms with van der Waals surface area (Å²) in [5.41, 5.74) is 1.21. The summed E-state index contributed by atoms with van der Waals surface area (Å²) in [5, 5.41) is 3.43. The molecule has 4 heteroatoms. The molecule has 0 aromatic carbocycles. The molecule has 0 fully saturated rings. The van der Waals surface area contributed by atoms with E-state index in [1.54, 1.807) is 0 Å². The van der Waals surface area contributed by atoms with Gasteiger partial charge in [-0.05, 0) is 31.4 Å². The molecule has 1 rings (SSSR count). The van der Waals surface area contributed by atoms with Crippen LogP contribution in [0.1, 0.15) is 44.8 Å². The highest BCUT2D eigenvalue weighted by atomic mass is 16.5. The van der Waals surface area contributed by atoms with Crippen molar-refractivity contribution >= 4 is 0 Å². The van der Waals surface area contributed by atoms with Gasteiger partial charge >= 0.3 is 0 Å². The van der Waals surface area contributed by atoms with Crippen molar-refractivity contribution in [3.05, 3.63) is 23.2 Å². The Bertz CT molecular complexity index is 385. The van der Waals surface area contributed by atoms with Crippen LogP contribution in [-0.4, -0.2) is 26.4 Å². The van der Waals surface area contributed by atoms with Gasteiger partial charge in [0.05, 0.1) is 13.2 Å². The highest BCUT2D eigenvalue weighted by molar-refractivity contribution is 5.20.